The van der Waals surface area contributed by atoms with Crippen LogP contribution in [0.1, 0.15) is 37.7 Å². The molecule has 2 fully saturated rings. The van der Waals surface area contributed by atoms with E-state index < -0.39 is 0 Å². The van der Waals surface area contributed by atoms with Crippen molar-refractivity contribution in [2.24, 2.45) is 0 Å². The molecule has 0 atom stereocenters. The van der Waals surface area contributed by atoms with Gasteiger partial charge < -0.3 is 9.47 Å². The van der Waals surface area contributed by atoms with Crippen LogP contribution in [0.5, 0.6) is 0 Å². The highest BCUT2D eigenvalue weighted by Gasteiger charge is 2.38. The highest BCUT2D eigenvalue weighted by Crippen LogP contribution is 2.37. The van der Waals surface area contributed by atoms with Crippen molar-refractivity contribution in [1.29, 1.82) is 0 Å². The van der Waals surface area contributed by atoms with Gasteiger partial charge in [0.05, 0.1) is 13.2 Å². The zero-order valence-electron chi connectivity index (χ0n) is 12.4. The molecular weight excluding hydrogens is 260 g/mol. The van der Waals surface area contributed by atoms with Gasteiger partial charge in [0.15, 0.2) is 5.79 Å². The number of ether oxygens (including phenoxy) is 2. The van der Waals surface area contributed by atoms with Crippen molar-refractivity contribution in [3.8, 4) is 11.8 Å². The first kappa shape index (κ1) is 14.4. The Hall–Kier alpha value is -1.56. The Morgan fingerprint density at radius 2 is 1.76 bits per heavy atom. The number of hydrogen-bond acceptors (Lipinski definition) is 2. The molecule has 1 aromatic rings. The van der Waals surface area contributed by atoms with E-state index in [0.29, 0.717) is 0 Å². The van der Waals surface area contributed by atoms with Crippen molar-refractivity contribution in [3.63, 3.8) is 0 Å². The van der Waals surface area contributed by atoms with E-state index in [4.69, 9.17) is 9.47 Å². The second kappa shape index (κ2) is 6.93. The summed E-state index contributed by atoms with van der Waals surface area (Å²) >= 11 is 0. The fraction of sp³-hybridized carbons (Fsp3) is 0.474. The third-order valence-electron chi connectivity index (χ3n) is 4.23. The van der Waals surface area contributed by atoms with Crippen LogP contribution in [-0.2, 0) is 15.9 Å². The van der Waals surface area contributed by atoms with Crippen LogP contribution in [0.15, 0.2) is 42.0 Å². The predicted molar refractivity (Wildman–Crippen MR) is 83.7 cm³/mol. The molecule has 1 aromatic carbocycles. The third kappa shape index (κ3) is 3.97. The summed E-state index contributed by atoms with van der Waals surface area (Å²) in [5, 5.41) is 0. The van der Waals surface area contributed by atoms with Crippen molar-refractivity contribution in [2.45, 2.75) is 44.3 Å². The Labute approximate surface area is 127 Å². The van der Waals surface area contributed by atoms with E-state index in [2.05, 4.69) is 42.2 Å². The van der Waals surface area contributed by atoms with E-state index in [1.54, 1.807) is 0 Å². The van der Waals surface area contributed by atoms with Crippen molar-refractivity contribution >= 4 is 0 Å². The van der Waals surface area contributed by atoms with Crippen molar-refractivity contribution in [1.82, 2.24) is 0 Å². The number of hydrogen-bond donors (Lipinski definition) is 0. The maximum Gasteiger partial charge on any atom is 0.169 e. The Morgan fingerprint density at radius 3 is 2.48 bits per heavy atom. The average molecular weight is 282 g/mol. The van der Waals surface area contributed by atoms with Crippen molar-refractivity contribution in [2.75, 3.05) is 13.2 Å². The van der Waals surface area contributed by atoms with Crippen molar-refractivity contribution in [3.05, 3.63) is 47.5 Å². The first-order valence-electron chi connectivity index (χ1n) is 7.84. The van der Waals surface area contributed by atoms with Gasteiger partial charge in [0.2, 0.25) is 0 Å². The highest BCUT2D eigenvalue weighted by molar-refractivity contribution is 5.24. The summed E-state index contributed by atoms with van der Waals surface area (Å²) in [6.45, 7) is 1.50. The summed E-state index contributed by atoms with van der Waals surface area (Å²) in [5.74, 6) is 6.20. The van der Waals surface area contributed by atoms with E-state index in [9.17, 15) is 0 Å². The lowest BCUT2D eigenvalue weighted by Gasteiger charge is -2.32. The summed E-state index contributed by atoms with van der Waals surface area (Å²) in [7, 11) is 0. The molecule has 1 saturated heterocycles. The minimum Gasteiger partial charge on any atom is -0.348 e. The second-order valence-electron chi connectivity index (χ2n) is 5.72. The van der Waals surface area contributed by atoms with Crippen LogP contribution >= 0.6 is 0 Å². The van der Waals surface area contributed by atoms with Gasteiger partial charge in [0.25, 0.3) is 0 Å². The Morgan fingerprint density at radius 1 is 1.05 bits per heavy atom. The van der Waals surface area contributed by atoms with Gasteiger partial charge in [-0.1, -0.05) is 47.7 Å². The maximum absolute atomic E-state index is 5.74. The zero-order valence-corrected chi connectivity index (χ0v) is 12.4. The van der Waals surface area contributed by atoms with Crippen LogP contribution in [0.3, 0.4) is 0 Å². The van der Waals surface area contributed by atoms with Crippen LogP contribution in [0.4, 0.5) is 0 Å². The lowest BCUT2D eigenvalue weighted by Crippen LogP contribution is -2.33. The number of rotatable bonds is 2. The van der Waals surface area contributed by atoms with E-state index >= 15 is 0 Å². The monoisotopic (exact) mass is 282 g/mol. The number of allylic oxidation sites excluding steroid dienone is 2. The minimum absolute atomic E-state index is 0.266. The molecule has 2 aliphatic rings. The number of benzene rings is 1. The molecule has 1 saturated carbocycles. The van der Waals surface area contributed by atoms with Crippen LogP contribution in [-0.4, -0.2) is 19.0 Å². The Kier molecular flexibility index (Phi) is 4.75. The smallest absolute Gasteiger partial charge is 0.169 e. The standard InChI is InChI=1S/C19H22O2/c1-3-7-17(8-4-1)9-5-2-6-10-18-11-13-19(14-12-18)20-15-16-21-19/h1,3-4,7-8,10H,5,9,11-16H2. The molecule has 0 radical (unpaired) electrons. The average Bonchev–Trinajstić information content (AvgIpc) is 2.98. The molecule has 1 aliphatic heterocycles. The molecule has 0 aromatic heterocycles. The van der Waals surface area contributed by atoms with Gasteiger partial charge in [-0.3, -0.25) is 0 Å². The van der Waals surface area contributed by atoms with Gasteiger partial charge in [-0.25, -0.2) is 0 Å². The molecule has 3 rings (SSSR count). The molecule has 110 valence electrons. The molecule has 0 amide bonds. The lowest BCUT2D eigenvalue weighted by atomic mass is 9.89. The van der Waals surface area contributed by atoms with E-state index in [-0.39, 0.29) is 5.79 Å². The molecule has 2 heteroatoms. The fourth-order valence-electron chi connectivity index (χ4n) is 2.96. The van der Waals surface area contributed by atoms with Crippen LogP contribution in [0.25, 0.3) is 0 Å². The topological polar surface area (TPSA) is 18.5 Å². The third-order valence-corrected chi connectivity index (χ3v) is 4.23. The Bertz CT molecular complexity index is 530. The minimum atomic E-state index is -0.266. The molecule has 1 spiro atoms. The molecule has 0 N–H and O–H groups in total. The van der Waals surface area contributed by atoms with Gasteiger partial charge in [0, 0.05) is 19.3 Å². The van der Waals surface area contributed by atoms with Crippen molar-refractivity contribution < 1.29 is 9.47 Å². The molecule has 0 unspecified atom stereocenters. The maximum atomic E-state index is 5.74. The molecule has 21 heavy (non-hydrogen) atoms. The van der Waals surface area contributed by atoms with E-state index in [0.717, 1.165) is 51.7 Å². The highest BCUT2D eigenvalue weighted by atomic mass is 16.7. The number of aryl methyl sites for hydroxylation is 1. The molecule has 0 bridgehead atoms. The van der Waals surface area contributed by atoms with Crippen LogP contribution < -0.4 is 0 Å². The molecule has 2 nitrogen and oxygen atoms in total. The largest absolute Gasteiger partial charge is 0.348 e. The SMILES string of the molecule is C(#CCCc1ccccc1)C=C1CCC2(CC1)OCCO2. The van der Waals surface area contributed by atoms with Crippen LogP contribution in [0.2, 0.25) is 0 Å². The second-order valence-corrected chi connectivity index (χ2v) is 5.72. The Balaban J connectivity index is 1.44. The van der Waals surface area contributed by atoms with E-state index in [1.807, 2.05) is 6.07 Å². The first-order chi connectivity index (χ1) is 10.4. The summed E-state index contributed by atoms with van der Waals surface area (Å²) < 4.78 is 11.5. The predicted octanol–water partition coefficient (Wildman–Crippen LogP) is 3.87. The quantitative estimate of drug-likeness (QED) is 0.767. The van der Waals surface area contributed by atoms with Gasteiger partial charge >= 0.3 is 0 Å². The van der Waals surface area contributed by atoms with Gasteiger partial charge in [0.1, 0.15) is 0 Å². The van der Waals surface area contributed by atoms with E-state index in [1.165, 1.54) is 11.1 Å². The normalized spacial score (nSPS) is 20.1. The van der Waals surface area contributed by atoms with Crippen LogP contribution in [0, 0.1) is 11.8 Å². The van der Waals surface area contributed by atoms with Gasteiger partial charge in [-0.2, -0.15) is 0 Å². The summed E-state index contributed by atoms with van der Waals surface area (Å²) in [6, 6.07) is 10.5. The molecule has 1 aliphatic carbocycles. The molecular formula is C19H22O2. The lowest BCUT2D eigenvalue weighted by molar-refractivity contribution is -0.171. The zero-order chi connectivity index (χ0) is 14.4. The summed E-state index contributed by atoms with van der Waals surface area (Å²) in [5.41, 5.74) is 2.79. The first-order valence-corrected chi connectivity index (χ1v) is 7.84. The summed E-state index contributed by atoms with van der Waals surface area (Å²) in [6.07, 6.45) is 8.11. The van der Waals surface area contributed by atoms with Gasteiger partial charge in [-0.15, -0.1) is 0 Å². The van der Waals surface area contributed by atoms with Gasteiger partial charge in [-0.05, 0) is 30.9 Å². The molecule has 1 heterocycles. The fourth-order valence-corrected chi connectivity index (χ4v) is 2.96. The summed E-state index contributed by atoms with van der Waals surface area (Å²) in [4.78, 5) is 0.